The molecule has 1 aromatic rings. The third-order valence-corrected chi connectivity index (χ3v) is 2.23. The van der Waals surface area contributed by atoms with E-state index in [9.17, 15) is 9.90 Å². The van der Waals surface area contributed by atoms with E-state index < -0.39 is 6.10 Å². The average Bonchev–Trinajstić information content (AvgIpc) is 2.28. The number of nitrogens with one attached hydrogen (secondary N) is 1. The van der Waals surface area contributed by atoms with Crippen LogP contribution < -0.4 is 5.32 Å². The maximum atomic E-state index is 11.5. The van der Waals surface area contributed by atoms with E-state index in [2.05, 4.69) is 10.3 Å². The van der Waals surface area contributed by atoms with Crippen molar-refractivity contribution in [3.63, 3.8) is 0 Å². The predicted octanol–water partition coefficient (Wildman–Crippen LogP) is 2.04. The van der Waals surface area contributed by atoms with E-state index in [0.29, 0.717) is 17.1 Å². The maximum absolute atomic E-state index is 11.5. The van der Waals surface area contributed by atoms with Crippen molar-refractivity contribution in [2.24, 2.45) is 0 Å². The van der Waals surface area contributed by atoms with Gasteiger partial charge in [0.05, 0.1) is 11.8 Å². The smallest absolute Gasteiger partial charge is 0.252 e. The quantitative estimate of drug-likeness (QED) is 0.766. The van der Waals surface area contributed by atoms with Crippen molar-refractivity contribution >= 4 is 11.7 Å². The molecule has 0 fully saturated rings. The zero-order valence-corrected chi connectivity index (χ0v) is 9.69. The molecule has 1 heterocycles. The summed E-state index contributed by atoms with van der Waals surface area (Å²) in [7, 11) is 0. The van der Waals surface area contributed by atoms with Crippen LogP contribution in [0.1, 0.15) is 32.6 Å². The van der Waals surface area contributed by atoms with Crippen LogP contribution in [0.25, 0.3) is 0 Å². The number of anilines is 1. The van der Waals surface area contributed by atoms with Gasteiger partial charge in [-0.05, 0) is 32.9 Å². The van der Waals surface area contributed by atoms with Gasteiger partial charge in [-0.3, -0.25) is 4.79 Å². The number of pyridine rings is 1. The first kappa shape index (κ1) is 12.4. The molecular weight excluding hydrogens is 204 g/mol. The van der Waals surface area contributed by atoms with Gasteiger partial charge in [-0.2, -0.15) is 0 Å². The lowest BCUT2D eigenvalue weighted by Gasteiger charge is -2.07. The molecule has 1 atom stereocenters. The fourth-order valence-corrected chi connectivity index (χ4v) is 1.10. The molecule has 0 aliphatic carbocycles. The number of aliphatic hydroxyl groups excluding tert-OH is 1. The second-order valence-electron chi connectivity index (χ2n) is 3.55. The van der Waals surface area contributed by atoms with Gasteiger partial charge in [0.15, 0.2) is 0 Å². The second-order valence-corrected chi connectivity index (χ2v) is 3.55. The van der Waals surface area contributed by atoms with Gasteiger partial charge in [0.1, 0.15) is 5.82 Å². The van der Waals surface area contributed by atoms with Gasteiger partial charge in [-0.25, -0.2) is 4.98 Å². The first-order chi connectivity index (χ1) is 7.54. The molecule has 0 bridgehead atoms. The van der Waals surface area contributed by atoms with E-state index in [1.807, 2.05) is 0 Å². The minimum atomic E-state index is -0.639. The van der Waals surface area contributed by atoms with Gasteiger partial charge in [0, 0.05) is 5.57 Å². The van der Waals surface area contributed by atoms with E-state index in [4.69, 9.17) is 0 Å². The summed E-state index contributed by atoms with van der Waals surface area (Å²) in [5.74, 6) is 0.266. The van der Waals surface area contributed by atoms with Crippen molar-refractivity contribution in [1.82, 2.24) is 4.98 Å². The van der Waals surface area contributed by atoms with Crippen LogP contribution in [0.3, 0.4) is 0 Å². The first-order valence-corrected chi connectivity index (χ1v) is 5.14. The van der Waals surface area contributed by atoms with Crippen molar-refractivity contribution in [3.05, 3.63) is 35.5 Å². The van der Waals surface area contributed by atoms with E-state index in [1.165, 1.54) is 0 Å². The number of carbonyl (C=O) groups excluding carboxylic acids is 1. The van der Waals surface area contributed by atoms with E-state index >= 15 is 0 Å². The Morgan fingerprint density at radius 1 is 1.56 bits per heavy atom. The average molecular weight is 220 g/mol. The lowest BCUT2D eigenvalue weighted by molar-refractivity contribution is -0.112. The zero-order chi connectivity index (χ0) is 12.1. The number of amides is 1. The third kappa shape index (κ3) is 3.17. The zero-order valence-electron chi connectivity index (χ0n) is 9.69. The Balaban J connectivity index is 2.82. The molecule has 0 aliphatic heterocycles. The normalized spacial score (nSPS) is 13.4. The van der Waals surface area contributed by atoms with Crippen molar-refractivity contribution in [2.45, 2.75) is 26.9 Å². The predicted molar refractivity (Wildman–Crippen MR) is 62.9 cm³/mol. The fourth-order valence-electron chi connectivity index (χ4n) is 1.10. The number of aromatic nitrogens is 1. The number of hydrogen-bond donors (Lipinski definition) is 2. The van der Waals surface area contributed by atoms with Crippen LogP contribution in [-0.2, 0) is 4.79 Å². The number of hydrogen-bond acceptors (Lipinski definition) is 3. The highest BCUT2D eigenvalue weighted by molar-refractivity contribution is 6.02. The topological polar surface area (TPSA) is 62.2 Å². The standard InChI is InChI=1S/C12H16N2O2/c1-4-8(2)12(16)14-11-7-5-6-10(13-11)9(3)15/h4-7,9,15H,1-3H3,(H,13,14,16)/b8-4-. The summed E-state index contributed by atoms with van der Waals surface area (Å²) in [5.41, 5.74) is 1.17. The summed E-state index contributed by atoms with van der Waals surface area (Å²) in [5, 5.41) is 12.0. The molecule has 16 heavy (non-hydrogen) atoms. The first-order valence-electron chi connectivity index (χ1n) is 5.14. The Morgan fingerprint density at radius 3 is 2.81 bits per heavy atom. The van der Waals surface area contributed by atoms with Crippen molar-refractivity contribution < 1.29 is 9.90 Å². The van der Waals surface area contributed by atoms with Crippen LogP contribution in [0.15, 0.2) is 29.8 Å². The largest absolute Gasteiger partial charge is 0.387 e. The number of aliphatic hydroxyl groups is 1. The highest BCUT2D eigenvalue weighted by atomic mass is 16.3. The van der Waals surface area contributed by atoms with Crippen LogP contribution in [-0.4, -0.2) is 16.0 Å². The molecule has 0 radical (unpaired) electrons. The molecule has 2 N–H and O–H groups in total. The summed E-state index contributed by atoms with van der Waals surface area (Å²) in [6.45, 7) is 5.16. The Kier molecular flexibility index (Phi) is 4.19. The molecule has 0 saturated carbocycles. The van der Waals surface area contributed by atoms with Gasteiger partial charge in [-0.15, -0.1) is 0 Å². The Morgan fingerprint density at radius 2 is 2.25 bits per heavy atom. The van der Waals surface area contributed by atoms with Crippen LogP contribution >= 0.6 is 0 Å². The molecule has 1 aromatic heterocycles. The molecule has 0 spiro atoms. The minimum absolute atomic E-state index is 0.183. The van der Waals surface area contributed by atoms with E-state index in [-0.39, 0.29) is 5.91 Å². The molecular formula is C12H16N2O2. The van der Waals surface area contributed by atoms with Crippen LogP contribution in [0, 0.1) is 0 Å². The molecule has 1 unspecified atom stereocenters. The number of allylic oxidation sites excluding steroid dienone is 1. The summed E-state index contributed by atoms with van der Waals surface area (Å²) < 4.78 is 0. The highest BCUT2D eigenvalue weighted by Gasteiger charge is 2.07. The highest BCUT2D eigenvalue weighted by Crippen LogP contribution is 2.12. The van der Waals surface area contributed by atoms with Gasteiger partial charge in [0.2, 0.25) is 0 Å². The summed E-state index contributed by atoms with van der Waals surface area (Å²) in [4.78, 5) is 15.7. The molecule has 86 valence electrons. The van der Waals surface area contributed by atoms with Crippen molar-refractivity contribution in [2.75, 3.05) is 5.32 Å². The molecule has 4 heteroatoms. The molecule has 1 rings (SSSR count). The molecule has 0 aliphatic rings. The molecule has 0 saturated heterocycles. The molecule has 1 amide bonds. The molecule has 0 aromatic carbocycles. The van der Waals surface area contributed by atoms with Crippen LogP contribution in [0.2, 0.25) is 0 Å². The monoisotopic (exact) mass is 220 g/mol. The van der Waals surface area contributed by atoms with E-state index in [0.717, 1.165) is 0 Å². The summed E-state index contributed by atoms with van der Waals surface area (Å²) in [6, 6.07) is 5.14. The lowest BCUT2D eigenvalue weighted by Crippen LogP contribution is -2.14. The van der Waals surface area contributed by atoms with Gasteiger partial charge in [0.25, 0.3) is 5.91 Å². The summed E-state index contributed by atoms with van der Waals surface area (Å²) in [6.07, 6.45) is 1.09. The van der Waals surface area contributed by atoms with Crippen molar-refractivity contribution in [3.8, 4) is 0 Å². The van der Waals surface area contributed by atoms with E-state index in [1.54, 1.807) is 45.0 Å². The number of rotatable bonds is 3. The van der Waals surface area contributed by atoms with Gasteiger partial charge >= 0.3 is 0 Å². The second kappa shape index (κ2) is 5.42. The third-order valence-electron chi connectivity index (χ3n) is 2.23. The molecule has 4 nitrogen and oxygen atoms in total. The van der Waals surface area contributed by atoms with Crippen LogP contribution in [0.4, 0.5) is 5.82 Å². The Bertz CT molecular complexity index is 411. The summed E-state index contributed by atoms with van der Waals surface area (Å²) >= 11 is 0. The minimum Gasteiger partial charge on any atom is -0.387 e. The number of carbonyl (C=O) groups is 1. The number of nitrogens with zero attached hydrogens (tertiary/aromatic N) is 1. The maximum Gasteiger partial charge on any atom is 0.252 e. The Labute approximate surface area is 95.0 Å². The van der Waals surface area contributed by atoms with Gasteiger partial charge < -0.3 is 10.4 Å². The van der Waals surface area contributed by atoms with Crippen LogP contribution in [0.5, 0.6) is 0 Å². The Hall–Kier alpha value is -1.68. The fraction of sp³-hybridized carbons (Fsp3) is 0.333. The lowest BCUT2D eigenvalue weighted by atomic mass is 10.2. The van der Waals surface area contributed by atoms with Crippen molar-refractivity contribution in [1.29, 1.82) is 0 Å². The van der Waals surface area contributed by atoms with Gasteiger partial charge in [-0.1, -0.05) is 12.1 Å². The SMILES string of the molecule is C/C=C(/C)C(=O)Nc1cccc(C(C)O)n1.